The Morgan fingerprint density at radius 1 is 1.35 bits per heavy atom. The van der Waals surface area contributed by atoms with E-state index in [4.69, 9.17) is 17.1 Å². The van der Waals surface area contributed by atoms with Crippen molar-refractivity contribution in [2.24, 2.45) is 0 Å². The van der Waals surface area contributed by atoms with Crippen molar-refractivity contribution >= 4 is 5.82 Å². The van der Waals surface area contributed by atoms with Crippen molar-refractivity contribution in [3.8, 4) is 23.6 Å². The van der Waals surface area contributed by atoms with Crippen LogP contribution in [0.25, 0.3) is 11.3 Å². The number of rotatable bonds is 4. The number of terminal acetylenes is 1. The Labute approximate surface area is 120 Å². The molecule has 20 heavy (non-hydrogen) atoms. The van der Waals surface area contributed by atoms with Crippen LogP contribution in [-0.4, -0.2) is 9.55 Å². The molecule has 104 valence electrons. The molecule has 2 N–H and O–H groups in total. The second-order valence-corrected chi connectivity index (χ2v) is 5.12. The maximum atomic E-state index is 6.26. The molecular formula is C17H21N3. The second-order valence-electron chi connectivity index (χ2n) is 5.12. The fraction of sp³-hybridized carbons (Fsp3) is 0.353. The third-order valence-corrected chi connectivity index (χ3v) is 3.45. The molecule has 0 spiro atoms. The van der Waals surface area contributed by atoms with E-state index in [2.05, 4.69) is 44.9 Å². The van der Waals surface area contributed by atoms with Gasteiger partial charge in [0.15, 0.2) is 0 Å². The van der Waals surface area contributed by atoms with E-state index >= 15 is 0 Å². The molecule has 0 amide bonds. The summed E-state index contributed by atoms with van der Waals surface area (Å²) in [5.41, 5.74) is 10.6. The lowest BCUT2D eigenvalue weighted by molar-refractivity contribution is 0.733. The van der Waals surface area contributed by atoms with E-state index in [1.165, 1.54) is 11.1 Å². The molecule has 1 aromatic heterocycles. The van der Waals surface area contributed by atoms with Gasteiger partial charge in [-0.15, -0.1) is 6.42 Å². The van der Waals surface area contributed by atoms with E-state index in [0.717, 1.165) is 29.9 Å². The summed E-state index contributed by atoms with van der Waals surface area (Å²) in [6.07, 6.45) is 7.34. The van der Waals surface area contributed by atoms with Gasteiger partial charge in [0, 0.05) is 12.0 Å². The summed E-state index contributed by atoms with van der Waals surface area (Å²) in [6.45, 7) is 6.77. The normalized spacial score (nSPS) is 10.5. The molecule has 3 heteroatoms. The van der Waals surface area contributed by atoms with Gasteiger partial charge in [0.2, 0.25) is 0 Å². The number of anilines is 1. The monoisotopic (exact) mass is 267 g/mol. The topological polar surface area (TPSA) is 43.8 Å². The van der Waals surface area contributed by atoms with Crippen LogP contribution in [0.5, 0.6) is 0 Å². The number of aryl methyl sites for hydroxylation is 3. The van der Waals surface area contributed by atoms with Crippen LogP contribution in [0.4, 0.5) is 5.82 Å². The fourth-order valence-electron chi connectivity index (χ4n) is 2.47. The van der Waals surface area contributed by atoms with E-state index < -0.39 is 0 Å². The number of nitrogens with two attached hydrogens (primary N) is 1. The summed E-state index contributed by atoms with van der Waals surface area (Å²) in [5, 5.41) is 0. The van der Waals surface area contributed by atoms with E-state index in [9.17, 15) is 0 Å². The van der Waals surface area contributed by atoms with Gasteiger partial charge >= 0.3 is 0 Å². The number of benzene rings is 1. The van der Waals surface area contributed by atoms with Gasteiger partial charge in [0.25, 0.3) is 0 Å². The fourth-order valence-corrected chi connectivity index (χ4v) is 2.47. The van der Waals surface area contributed by atoms with Crippen molar-refractivity contribution in [1.82, 2.24) is 9.55 Å². The van der Waals surface area contributed by atoms with E-state index in [1.807, 2.05) is 4.57 Å². The molecule has 0 atom stereocenters. The summed E-state index contributed by atoms with van der Waals surface area (Å²) < 4.78 is 1.94. The Hall–Kier alpha value is -2.21. The minimum absolute atomic E-state index is 0.471. The number of hydrogen-bond donors (Lipinski definition) is 1. The number of nitrogens with zero attached hydrogens (tertiary/aromatic N) is 2. The number of imidazole rings is 1. The molecule has 0 radical (unpaired) electrons. The second kappa shape index (κ2) is 5.83. The first-order valence-electron chi connectivity index (χ1n) is 6.94. The van der Waals surface area contributed by atoms with Crippen LogP contribution >= 0.6 is 0 Å². The molecule has 0 fully saturated rings. The minimum atomic E-state index is 0.471. The quantitative estimate of drug-likeness (QED) is 0.863. The zero-order valence-electron chi connectivity index (χ0n) is 12.4. The van der Waals surface area contributed by atoms with Crippen LogP contribution in [0.2, 0.25) is 0 Å². The smallest absolute Gasteiger partial charge is 0.132 e. The lowest BCUT2D eigenvalue weighted by Crippen LogP contribution is -2.06. The van der Waals surface area contributed by atoms with Gasteiger partial charge in [-0.25, -0.2) is 4.98 Å². The van der Waals surface area contributed by atoms with Crippen LogP contribution < -0.4 is 5.73 Å². The van der Waals surface area contributed by atoms with Crippen molar-refractivity contribution in [3.63, 3.8) is 0 Å². The lowest BCUT2D eigenvalue weighted by Gasteiger charge is -2.07. The predicted octanol–water partition coefficient (Wildman–Crippen LogP) is 3.33. The highest BCUT2D eigenvalue weighted by atomic mass is 15.1. The molecule has 3 nitrogen and oxygen atoms in total. The number of hydrogen-bond acceptors (Lipinski definition) is 2. The third-order valence-electron chi connectivity index (χ3n) is 3.45. The van der Waals surface area contributed by atoms with Crippen LogP contribution in [0.15, 0.2) is 18.2 Å². The van der Waals surface area contributed by atoms with E-state index in [-0.39, 0.29) is 0 Å². The molecule has 0 aliphatic carbocycles. The summed E-state index contributed by atoms with van der Waals surface area (Å²) in [7, 11) is 0. The molecule has 1 aromatic carbocycles. The van der Waals surface area contributed by atoms with Crippen LogP contribution in [0.3, 0.4) is 0 Å². The molecule has 0 bridgehead atoms. The van der Waals surface area contributed by atoms with E-state index in [0.29, 0.717) is 12.4 Å². The standard InChI is InChI=1S/C17H21N3/c1-5-7-15-19-16(17(18)20(15)10-6-2)14-9-8-12(3)11-13(14)4/h2,8-9,11H,5,7,10,18H2,1,3-4H3. The van der Waals surface area contributed by atoms with Crippen molar-refractivity contribution in [3.05, 3.63) is 35.2 Å². The highest BCUT2D eigenvalue weighted by molar-refractivity contribution is 5.74. The van der Waals surface area contributed by atoms with Crippen LogP contribution in [0, 0.1) is 26.2 Å². The summed E-state index contributed by atoms with van der Waals surface area (Å²) in [4.78, 5) is 4.72. The zero-order valence-corrected chi connectivity index (χ0v) is 12.4. The van der Waals surface area contributed by atoms with Crippen molar-refractivity contribution in [1.29, 1.82) is 0 Å². The van der Waals surface area contributed by atoms with Crippen LogP contribution in [-0.2, 0) is 13.0 Å². The first kappa shape index (κ1) is 14.2. The number of aromatic nitrogens is 2. The molecule has 1 heterocycles. The van der Waals surface area contributed by atoms with Gasteiger partial charge in [-0.2, -0.15) is 0 Å². The number of nitrogen functional groups attached to an aromatic ring is 1. The molecule has 0 aliphatic rings. The van der Waals surface area contributed by atoms with Crippen molar-refractivity contribution in [2.45, 2.75) is 40.2 Å². The molecule has 0 aliphatic heterocycles. The molecule has 0 saturated carbocycles. The zero-order chi connectivity index (χ0) is 14.7. The van der Waals surface area contributed by atoms with Gasteiger partial charge in [-0.05, 0) is 25.8 Å². The molecule has 0 unspecified atom stereocenters. The Bertz CT molecular complexity index is 660. The molecular weight excluding hydrogens is 246 g/mol. The van der Waals surface area contributed by atoms with Gasteiger partial charge in [0.05, 0.1) is 6.54 Å². The third kappa shape index (κ3) is 2.55. The van der Waals surface area contributed by atoms with Gasteiger partial charge in [0.1, 0.15) is 17.3 Å². The highest BCUT2D eigenvalue weighted by Gasteiger charge is 2.16. The summed E-state index contributed by atoms with van der Waals surface area (Å²) >= 11 is 0. The van der Waals surface area contributed by atoms with Gasteiger partial charge in [-0.3, -0.25) is 0 Å². The largest absolute Gasteiger partial charge is 0.383 e. The molecule has 0 saturated heterocycles. The van der Waals surface area contributed by atoms with Gasteiger partial charge in [-0.1, -0.05) is 36.6 Å². The minimum Gasteiger partial charge on any atom is -0.383 e. The maximum Gasteiger partial charge on any atom is 0.132 e. The summed E-state index contributed by atoms with van der Waals surface area (Å²) in [6, 6.07) is 6.31. The average molecular weight is 267 g/mol. The van der Waals surface area contributed by atoms with E-state index in [1.54, 1.807) is 0 Å². The SMILES string of the molecule is C#CCn1c(CCC)nc(-c2ccc(C)cc2C)c1N. The lowest BCUT2D eigenvalue weighted by atomic mass is 10.0. The first-order chi connectivity index (χ1) is 9.58. The Balaban J connectivity index is 2.57. The van der Waals surface area contributed by atoms with Crippen molar-refractivity contribution < 1.29 is 0 Å². The highest BCUT2D eigenvalue weighted by Crippen LogP contribution is 2.29. The van der Waals surface area contributed by atoms with Gasteiger partial charge < -0.3 is 10.3 Å². The average Bonchev–Trinajstić information content (AvgIpc) is 2.69. The Kier molecular flexibility index (Phi) is 4.14. The first-order valence-corrected chi connectivity index (χ1v) is 6.94. The Morgan fingerprint density at radius 3 is 2.70 bits per heavy atom. The molecule has 2 aromatic rings. The summed E-state index contributed by atoms with van der Waals surface area (Å²) in [5.74, 6) is 4.29. The predicted molar refractivity (Wildman–Crippen MR) is 84.4 cm³/mol. The maximum absolute atomic E-state index is 6.26. The Morgan fingerprint density at radius 2 is 2.10 bits per heavy atom. The van der Waals surface area contributed by atoms with Crippen molar-refractivity contribution in [2.75, 3.05) is 5.73 Å². The van der Waals surface area contributed by atoms with Crippen LogP contribution in [0.1, 0.15) is 30.3 Å². The molecule has 2 rings (SSSR count).